The SMILES string of the molecule is CC(OC(=O)c1ccc(-n2cnnn2)cc1)C(=O)NC(=O)NC1CCCC1. The van der Waals surface area contributed by atoms with Crippen molar-refractivity contribution >= 4 is 17.9 Å². The van der Waals surface area contributed by atoms with Gasteiger partial charge in [0.15, 0.2) is 6.10 Å². The summed E-state index contributed by atoms with van der Waals surface area (Å²) in [4.78, 5) is 36.0. The first-order chi connectivity index (χ1) is 13.0. The van der Waals surface area contributed by atoms with Crippen LogP contribution in [0.25, 0.3) is 5.69 Å². The summed E-state index contributed by atoms with van der Waals surface area (Å²) in [6.45, 7) is 1.41. The molecule has 10 heteroatoms. The number of imide groups is 1. The molecule has 3 rings (SSSR count). The van der Waals surface area contributed by atoms with E-state index in [2.05, 4.69) is 26.2 Å². The molecule has 0 spiro atoms. The molecule has 0 saturated heterocycles. The van der Waals surface area contributed by atoms with E-state index in [1.54, 1.807) is 12.1 Å². The third-order valence-corrected chi connectivity index (χ3v) is 4.30. The lowest BCUT2D eigenvalue weighted by Gasteiger charge is -2.15. The van der Waals surface area contributed by atoms with Crippen LogP contribution in [0.3, 0.4) is 0 Å². The molecular formula is C17H20N6O4. The lowest BCUT2D eigenvalue weighted by atomic mass is 10.2. The van der Waals surface area contributed by atoms with E-state index >= 15 is 0 Å². The number of nitrogens with one attached hydrogen (secondary N) is 2. The first-order valence-corrected chi connectivity index (χ1v) is 8.68. The number of benzene rings is 1. The van der Waals surface area contributed by atoms with E-state index < -0.39 is 24.0 Å². The van der Waals surface area contributed by atoms with Crippen LogP contribution in [-0.4, -0.2) is 50.3 Å². The number of hydrogen-bond acceptors (Lipinski definition) is 7. The highest BCUT2D eigenvalue weighted by atomic mass is 16.5. The monoisotopic (exact) mass is 372 g/mol. The molecule has 1 aliphatic carbocycles. The van der Waals surface area contributed by atoms with Gasteiger partial charge in [0.05, 0.1) is 11.3 Å². The maximum Gasteiger partial charge on any atom is 0.338 e. The van der Waals surface area contributed by atoms with E-state index in [9.17, 15) is 14.4 Å². The fourth-order valence-electron chi connectivity index (χ4n) is 2.82. The van der Waals surface area contributed by atoms with Crippen LogP contribution in [-0.2, 0) is 9.53 Å². The van der Waals surface area contributed by atoms with E-state index in [-0.39, 0.29) is 11.6 Å². The van der Waals surface area contributed by atoms with E-state index in [1.807, 2.05) is 0 Å². The quantitative estimate of drug-likeness (QED) is 0.749. The van der Waals surface area contributed by atoms with Gasteiger partial charge in [-0.1, -0.05) is 12.8 Å². The zero-order chi connectivity index (χ0) is 19.2. The van der Waals surface area contributed by atoms with Crippen LogP contribution >= 0.6 is 0 Å². The smallest absolute Gasteiger partial charge is 0.338 e. The molecule has 1 aromatic heterocycles. The second-order valence-corrected chi connectivity index (χ2v) is 6.29. The molecule has 1 fully saturated rings. The van der Waals surface area contributed by atoms with Gasteiger partial charge in [-0.15, -0.1) is 5.10 Å². The summed E-state index contributed by atoms with van der Waals surface area (Å²) < 4.78 is 6.56. The number of aromatic nitrogens is 4. The first kappa shape index (κ1) is 18.5. The molecule has 0 aliphatic heterocycles. The number of amides is 3. The lowest BCUT2D eigenvalue weighted by Crippen LogP contribution is -2.47. The van der Waals surface area contributed by atoms with Crippen molar-refractivity contribution in [2.24, 2.45) is 0 Å². The number of carbonyl (C=O) groups excluding carboxylic acids is 3. The van der Waals surface area contributed by atoms with Crippen LogP contribution < -0.4 is 10.6 Å². The van der Waals surface area contributed by atoms with Gasteiger partial charge in [0.1, 0.15) is 6.33 Å². The highest BCUT2D eigenvalue weighted by molar-refractivity contribution is 5.98. The molecule has 0 radical (unpaired) electrons. The van der Waals surface area contributed by atoms with Crippen LogP contribution in [0.5, 0.6) is 0 Å². The number of nitrogens with zero attached hydrogens (tertiary/aromatic N) is 4. The Morgan fingerprint density at radius 1 is 1.19 bits per heavy atom. The number of carbonyl (C=O) groups is 3. The fourth-order valence-corrected chi connectivity index (χ4v) is 2.82. The summed E-state index contributed by atoms with van der Waals surface area (Å²) in [5.74, 6) is -1.35. The molecule has 2 N–H and O–H groups in total. The second-order valence-electron chi connectivity index (χ2n) is 6.29. The average Bonchev–Trinajstić information content (AvgIpc) is 3.35. The minimum atomic E-state index is -1.11. The van der Waals surface area contributed by atoms with Gasteiger partial charge >= 0.3 is 12.0 Å². The Labute approximate surface area is 155 Å². The number of ether oxygens (including phenoxy) is 1. The maximum atomic E-state index is 12.2. The maximum absolute atomic E-state index is 12.2. The number of rotatable bonds is 5. The lowest BCUT2D eigenvalue weighted by molar-refractivity contribution is -0.127. The van der Waals surface area contributed by atoms with E-state index in [0.717, 1.165) is 25.7 Å². The third-order valence-electron chi connectivity index (χ3n) is 4.30. The summed E-state index contributed by atoms with van der Waals surface area (Å²) in [5.41, 5.74) is 0.938. The van der Waals surface area contributed by atoms with Crippen molar-refractivity contribution in [2.45, 2.75) is 44.8 Å². The van der Waals surface area contributed by atoms with Gasteiger partial charge in [0, 0.05) is 6.04 Å². The van der Waals surface area contributed by atoms with Crippen molar-refractivity contribution in [3.05, 3.63) is 36.2 Å². The molecule has 142 valence electrons. The van der Waals surface area contributed by atoms with Crippen molar-refractivity contribution in [2.75, 3.05) is 0 Å². The highest BCUT2D eigenvalue weighted by Crippen LogP contribution is 2.17. The van der Waals surface area contributed by atoms with E-state index in [0.29, 0.717) is 5.69 Å². The van der Waals surface area contributed by atoms with Crippen molar-refractivity contribution in [1.29, 1.82) is 0 Å². The normalized spacial score (nSPS) is 15.1. The molecule has 27 heavy (non-hydrogen) atoms. The molecule has 0 bridgehead atoms. The van der Waals surface area contributed by atoms with E-state index in [1.165, 1.54) is 30.1 Å². The fraction of sp³-hybridized carbons (Fsp3) is 0.412. The highest BCUT2D eigenvalue weighted by Gasteiger charge is 2.23. The molecule has 10 nitrogen and oxygen atoms in total. The molecule has 1 atom stereocenters. The largest absolute Gasteiger partial charge is 0.449 e. The van der Waals surface area contributed by atoms with Crippen molar-refractivity contribution < 1.29 is 19.1 Å². The van der Waals surface area contributed by atoms with Crippen LogP contribution in [0.4, 0.5) is 4.79 Å². The molecular weight excluding hydrogens is 352 g/mol. The number of tetrazole rings is 1. The molecule has 1 saturated carbocycles. The topological polar surface area (TPSA) is 128 Å². The summed E-state index contributed by atoms with van der Waals surface area (Å²) >= 11 is 0. The minimum absolute atomic E-state index is 0.0920. The molecule has 3 amide bonds. The molecule has 1 aromatic carbocycles. The second kappa shape index (κ2) is 8.39. The van der Waals surface area contributed by atoms with Gasteiger partial charge in [-0.25, -0.2) is 14.3 Å². The Balaban J connectivity index is 1.50. The minimum Gasteiger partial charge on any atom is -0.449 e. The summed E-state index contributed by atoms with van der Waals surface area (Å²) in [6, 6.07) is 5.89. The van der Waals surface area contributed by atoms with Gasteiger partial charge in [-0.2, -0.15) is 0 Å². The van der Waals surface area contributed by atoms with Gasteiger partial charge in [-0.05, 0) is 54.5 Å². The van der Waals surface area contributed by atoms with Crippen LogP contribution in [0.2, 0.25) is 0 Å². The average molecular weight is 372 g/mol. The Bertz CT molecular complexity index is 799. The predicted octanol–water partition coefficient (Wildman–Crippen LogP) is 0.976. The van der Waals surface area contributed by atoms with Crippen molar-refractivity contribution in [3.8, 4) is 5.69 Å². The molecule has 2 aromatic rings. The number of esters is 1. The van der Waals surface area contributed by atoms with E-state index in [4.69, 9.17) is 4.74 Å². The Morgan fingerprint density at radius 2 is 1.89 bits per heavy atom. The molecule has 1 aliphatic rings. The zero-order valence-corrected chi connectivity index (χ0v) is 14.8. The summed E-state index contributed by atoms with van der Waals surface area (Å²) in [6.07, 6.45) is 4.28. The zero-order valence-electron chi connectivity index (χ0n) is 14.8. The Hall–Kier alpha value is -3.30. The molecule has 1 unspecified atom stereocenters. The standard InChI is InChI=1S/C17H20N6O4/c1-11(15(24)20-17(26)19-13-4-2-3-5-13)27-16(25)12-6-8-14(9-7-12)23-10-18-21-22-23/h6-11,13H,2-5H2,1H3,(H2,19,20,24,26). The number of hydrogen-bond donors (Lipinski definition) is 2. The Morgan fingerprint density at radius 3 is 2.52 bits per heavy atom. The third kappa shape index (κ3) is 4.87. The van der Waals surface area contributed by atoms with Gasteiger partial charge < -0.3 is 10.1 Å². The van der Waals surface area contributed by atoms with Crippen LogP contribution in [0.15, 0.2) is 30.6 Å². The van der Waals surface area contributed by atoms with Gasteiger partial charge in [0.25, 0.3) is 5.91 Å². The van der Waals surface area contributed by atoms with Gasteiger partial charge in [0.2, 0.25) is 0 Å². The van der Waals surface area contributed by atoms with Crippen molar-refractivity contribution in [1.82, 2.24) is 30.8 Å². The molecule has 1 heterocycles. The summed E-state index contributed by atoms with van der Waals surface area (Å²) in [7, 11) is 0. The van der Waals surface area contributed by atoms with Crippen molar-refractivity contribution in [3.63, 3.8) is 0 Å². The van der Waals surface area contributed by atoms with Gasteiger partial charge in [-0.3, -0.25) is 10.1 Å². The number of urea groups is 1. The van der Waals surface area contributed by atoms with Crippen LogP contribution in [0.1, 0.15) is 43.0 Å². The summed E-state index contributed by atoms with van der Waals surface area (Å²) in [5, 5.41) is 15.8. The van der Waals surface area contributed by atoms with Crippen LogP contribution in [0, 0.1) is 0 Å². The Kier molecular flexibility index (Phi) is 5.74. The first-order valence-electron chi connectivity index (χ1n) is 8.68. The predicted molar refractivity (Wildman–Crippen MR) is 93.0 cm³/mol.